The monoisotopic (exact) mass is 505 g/mol. The van der Waals surface area contributed by atoms with E-state index in [1.54, 1.807) is 30.5 Å². The average Bonchev–Trinajstić information content (AvgIpc) is 3.40. The minimum Gasteiger partial charge on any atom is -0.506 e. The van der Waals surface area contributed by atoms with Gasteiger partial charge in [-0.05, 0) is 31.0 Å². The number of methoxy groups -OCH3 is 1. The van der Waals surface area contributed by atoms with Crippen molar-refractivity contribution in [2.75, 3.05) is 25.1 Å². The zero-order chi connectivity index (χ0) is 25.9. The second kappa shape index (κ2) is 10.0. The molecular formula is C24H26F3N5O4. The number of hydrogen-bond acceptors (Lipinski definition) is 6. The van der Waals surface area contributed by atoms with Crippen LogP contribution in [0.25, 0.3) is 11.0 Å². The van der Waals surface area contributed by atoms with Crippen molar-refractivity contribution in [1.82, 2.24) is 20.5 Å². The van der Waals surface area contributed by atoms with Gasteiger partial charge in [0.05, 0.1) is 30.6 Å². The van der Waals surface area contributed by atoms with E-state index in [1.165, 1.54) is 18.2 Å². The Hall–Kier alpha value is -3.83. The van der Waals surface area contributed by atoms with E-state index in [0.29, 0.717) is 29.9 Å². The molecule has 1 aliphatic carbocycles. The van der Waals surface area contributed by atoms with Crippen LogP contribution in [-0.2, 0) is 15.0 Å². The summed E-state index contributed by atoms with van der Waals surface area (Å²) in [7, 11) is 1.52. The number of hydrogen-bond donors (Lipinski definition) is 3. The molecule has 1 aromatic carbocycles. The van der Waals surface area contributed by atoms with Crippen LogP contribution in [0.3, 0.4) is 0 Å². The third-order valence-corrected chi connectivity index (χ3v) is 6.42. The van der Waals surface area contributed by atoms with Crippen molar-refractivity contribution in [1.29, 1.82) is 0 Å². The van der Waals surface area contributed by atoms with Gasteiger partial charge in [0.1, 0.15) is 24.6 Å². The first-order valence-corrected chi connectivity index (χ1v) is 11.5. The van der Waals surface area contributed by atoms with Gasteiger partial charge in [0.15, 0.2) is 5.65 Å². The number of aromatic amines is 1. The van der Waals surface area contributed by atoms with Crippen LogP contribution in [0, 0.1) is 0 Å². The molecule has 0 bridgehead atoms. The fourth-order valence-electron chi connectivity index (χ4n) is 4.87. The van der Waals surface area contributed by atoms with Crippen molar-refractivity contribution >= 4 is 28.5 Å². The van der Waals surface area contributed by atoms with E-state index in [0.717, 1.165) is 30.2 Å². The molecule has 3 heterocycles. The van der Waals surface area contributed by atoms with Gasteiger partial charge in [-0.2, -0.15) is 18.3 Å². The largest absolute Gasteiger partial charge is 0.506 e. The number of H-pyrrole nitrogens is 1. The normalized spacial score (nSPS) is 16.4. The lowest BCUT2D eigenvalue weighted by atomic mass is 9.70. The number of amides is 2. The van der Waals surface area contributed by atoms with Gasteiger partial charge < -0.3 is 20.1 Å². The Kier molecular flexibility index (Phi) is 7.04. The van der Waals surface area contributed by atoms with Gasteiger partial charge in [-0.25, -0.2) is 4.98 Å². The number of pyridine rings is 1. The summed E-state index contributed by atoms with van der Waals surface area (Å²) >= 11 is 0. The Morgan fingerprint density at radius 3 is 2.69 bits per heavy atom. The summed E-state index contributed by atoms with van der Waals surface area (Å²) in [4.78, 5) is 30.4. The minimum atomic E-state index is -4.49. The number of rotatable bonds is 4. The number of ether oxygens (including phenoxy) is 1. The number of alkyl halides is 3. The average molecular weight is 505 g/mol. The maximum Gasteiger partial charge on any atom is 0.405 e. The first-order valence-electron chi connectivity index (χ1n) is 11.5. The van der Waals surface area contributed by atoms with Crippen molar-refractivity contribution < 1.29 is 32.6 Å². The van der Waals surface area contributed by atoms with Gasteiger partial charge in [-0.1, -0.05) is 25.3 Å². The van der Waals surface area contributed by atoms with Crippen LogP contribution < -0.4 is 15.0 Å². The van der Waals surface area contributed by atoms with Gasteiger partial charge in [0.25, 0.3) is 0 Å². The lowest BCUT2D eigenvalue weighted by Gasteiger charge is -2.33. The molecule has 2 aliphatic rings. The quantitative estimate of drug-likeness (QED) is 0.499. The fraction of sp³-hybridized carbons (Fsp3) is 0.417. The molecule has 1 spiro atoms. The van der Waals surface area contributed by atoms with E-state index in [1.807, 2.05) is 5.32 Å². The number of aromatic hydroxyl groups is 1. The van der Waals surface area contributed by atoms with Crippen molar-refractivity contribution in [2.24, 2.45) is 0 Å². The van der Waals surface area contributed by atoms with Crippen molar-refractivity contribution in [2.45, 2.75) is 43.7 Å². The molecule has 1 fully saturated rings. The summed E-state index contributed by atoms with van der Waals surface area (Å²) in [5.74, 6) is -0.319. The lowest BCUT2D eigenvalue weighted by molar-refractivity contribution is -0.138. The molecule has 1 aliphatic heterocycles. The Morgan fingerprint density at radius 1 is 1.25 bits per heavy atom. The van der Waals surface area contributed by atoms with Crippen molar-refractivity contribution in [3.8, 4) is 11.5 Å². The number of carbonyl (C=O) groups excluding carboxylic acids is 2. The van der Waals surface area contributed by atoms with Gasteiger partial charge in [-0.3, -0.25) is 14.7 Å². The maximum atomic E-state index is 13.2. The topological polar surface area (TPSA) is 120 Å². The third kappa shape index (κ3) is 5.07. The van der Waals surface area contributed by atoms with Crippen LogP contribution in [0.15, 0.2) is 36.7 Å². The van der Waals surface area contributed by atoms with Crippen LogP contribution in [-0.4, -0.2) is 58.5 Å². The highest BCUT2D eigenvalue weighted by Gasteiger charge is 2.53. The molecule has 192 valence electrons. The second-order valence-electron chi connectivity index (χ2n) is 8.78. The number of fused-ring (bicyclic) bond motifs is 3. The maximum absolute atomic E-state index is 13.2. The molecular weight excluding hydrogens is 479 g/mol. The smallest absolute Gasteiger partial charge is 0.405 e. The Labute approximate surface area is 204 Å². The summed E-state index contributed by atoms with van der Waals surface area (Å²) in [6.45, 7) is -1.85. The first-order chi connectivity index (χ1) is 17.1. The van der Waals surface area contributed by atoms with E-state index in [2.05, 4.69) is 15.2 Å². The van der Waals surface area contributed by atoms with E-state index in [9.17, 15) is 22.8 Å². The highest BCUT2D eigenvalue weighted by molar-refractivity contribution is 6.11. The standard InChI is InChI=1S/C18H21F3N2O3.C6H5N3O/c1-26-13-7-5-6-12-15(13)17(8-3-2-4-9-17)16(25)23(12)10-14(24)22-11-18(19,20)21;10-5-1-4-2-8-9-6(4)7-3-5/h5-7H,2-4,8-11H2,1H3,(H,22,24);1-3,10H,(H,7,8,9). The summed E-state index contributed by atoms with van der Waals surface area (Å²) in [6.07, 6.45) is 2.61. The zero-order valence-electron chi connectivity index (χ0n) is 19.6. The lowest BCUT2D eigenvalue weighted by Crippen LogP contribution is -2.46. The highest BCUT2D eigenvalue weighted by Crippen LogP contribution is 2.53. The molecule has 3 N–H and O–H groups in total. The van der Waals surface area contributed by atoms with E-state index in [4.69, 9.17) is 9.84 Å². The van der Waals surface area contributed by atoms with Crippen LogP contribution in [0.2, 0.25) is 0 Å². The number of halogens is 3. The number of carbonyl (C=O) groups is 2. The number of nitrogens with zero attached hydrogens (tertiary/aromatic N) is 3. The van der Waals surface area contributed by atoms with Gasteiger partial charge in [-0.15, -0.1) is 0 Å². The minimum absolute atomic E-state index is 0.161. The molecule has 2 aromatic heterocycles. The molecule has 36 heavy (non-hydrogen) atoms. The van der Waals surface area contributed by atoms with Gasteiger partial charge in [0, 0.05) is 10.9 Å². The molecule has 12 heteroatoms. The molecule has 0 saturated heterocycles. The summed E-state index contributed by atoms with van der Waals surface area (Å²) in [6, 6.07) is 6.81. The SMILES string of the molecule is COc1cccc2c1C1(CCCCC1)C(=O)N2CC(=O)NCC(F)(F)F.Oc1cnc2[nH]ncc2c1. The second-order valence-corrected chi connectivity index (χ2v) is 8.78. The van der Waals surface area contributed by atoms with Gasteiger partial charge in [0.2, 0.25) is 11.8 Å². The number of benzene rings is 1. The van der Waals surface area contributed by atoms with Crippen LogP contribution in [0.5, 0.6) is 11.5 Å². The van der Waals surface area contributed by atoms with Crippen molar-refractivity contribution in [3.63, 3.8) is 0 Å². The molecule has 1 saturated carbocycles. The Bertz CT molecular complexity index is 1250. The first kappa shape index (κ1) is 25.3. The summed E-state index contributed by atoms with van der Waals surface area (Å²) < 4.78 is 42.4. The van der Waals surface area contributed by atoms with Crippen LogP contribution in [0.1, 0.15) is 37.7 Å². The van der Waals surface area contributed by atoms with Gasteiger partial charge >= 0.3 is 6.18 Å². The highest BCUT2D eigenvalue weighted by atomic mass is 19.4. The predicted octanol–water partition coefficient (Wildman–Crippen LogP) is 3.59. The molecule has 0 atom stereocenters. The van der Waals surface area contributed by atoms with E-state index < -0.39 is 30.6 Å². The molecule has 3 aromatic rings. The number of nitrogens with one attached hydrogen (secondary N) is 2. The molecule has 9 nitrogen and oxygen atoms in total. The fourth-order valence-corrected chi connectivity index (χ4v) is 4.87. The molecule has 0 unspecified atom stereocenters. The zero-order valence-corrected chi connectivity index (χ0v) is 19.6. The number of anilines is 1. The van der Waals surface area contributed by atoms with Crippen molar-refractivity contribution in [3.05, 3.63) is 42.2 Å². The van der Waals surface area contributed by atoms with Crippen LogP contribution >= 0.6 is 0 Å². The number of aromatic nitrogens is 3. The predicted molar refractivity (Wildman–Crippen MR) is 125 cm³/mol. The van der Waals surface area contributed by atoms with Crippen LogP contribution in [0.4, 0.5) is 18.9 Å². The summed E-state index contributed by atoms with van der Waals surface area (Å²) in [5.41, 5.74) is 1.26. The Balaban J connectivity index is 0.000000251. The Morgan fingerprint density at radius 2 is 2.00 bits per heavy atom. The van der Waals surface area contributed by atoms with E-state index in [-0.39, 0.29) is 11.7 Å². The summed E-state index contributed by atoms with van der Waals surface area (Å²) in [5, 5.41) is 18.0. The molecule has 5 rings (SSSR count). The van der Waals surface area contributed by atoms with E-state index >= 15 is 0 Å². The molecule has 2 amide bonds. The molecule has 0 radical (unpaired) electrons. The third-order valence-electron chi connectivity index (χ3n) is 6.42.